The lowest BCUT2D eigenvalue weighted by molar-refractivity contribution is 0.401. The zero-order valence-corrected chi connectivity index (χ0v) is 11.2. The molecule has 100 valence electrons. The molecule has 0 spiro atoms. The lowest BCUT2D eigenvalue weighted by Gasteiger charge is -2.11. The fourth-order valence-electron chi connectivity index (χ4n) is 1.85. The van der Waals surface area contributed by atoms with Crippen molar-refractivity contribution in [2.45, 2.75) is 23.1 Å². The van der Waals surface area contributed by atoms with Crippen molar-refractivity contribution in [3.05, 3.63) is 48.0 Å². The van der Waals surface area contributed by atoms with E-state index in [2.05, 4.69) is 0 Å². The predicted molar refractivity (Wildman–Crippen MR) is 71.0 cm³/mol. The van der Waals surface area contributed by atoms with Gasteiger partial charge in [-0.05, 0) is 30.2 Å². The highest BCUT2D eigenvalue weighted by Crippen LogP contribution is 2.33. The zero-order valence-electron chi connectivity index (χ0n) is 10.4. The van der Waals surface area contributed by atoms with Crippen LogP contribution in [-0.4, -0.2) is 18.6 Å². The van der Waals surface area contributed by atoms with Gasteiger partial charge in [0.2, 0.25) is 9.84 Å². The van der Waals surface area contributed by atoms with E-state index in [-0.39, 0.29) is 15.5 Å². The van der Waals surface area contributed by atoms with Crippen LogP contribution in [0.5, 0.6) is 11.5 Å². The second-order valence-electron chi connectivity index (χ2n) is 4.12. The molecule has 2 N–H and O–H groups in total. The Hall–Kier alpha value is -2.01. The van der Waals surface area contributed by atoms with Crippen LogP contribution in [0, 0.1) is 0 Å². The highest BCUT2D eigenvalue weighted by molar-refractivity contribution is 7.91. The van der Waals surface area contributed by atoms with Gasteiger partial charge >= 0.3 is 0 Å². The molecule has 0 saturated carbocycles. The third kappa shape index (κ3) is 2.42. The van der Waals surface area contributed by atoms with E-state index in [0.717, 1.165) is 6.07 Å². The van der Waals surface area contributed by atoms with E-state index in [1.807, 2.05) is 0 Å². The molecule has 2 aromatic rings. The number of sulfone groups is 1. The summed E-state index contributed by atoms with van der Waals surface area (Å²) in [5.74, 6) is -0.754. The molecule has 19 heavy (non-hydrogen) atoms. The lowest BCUT2D eigenvalue weighted by Crippen LogP contribution is -2.05. The molecule has 4 nitrogen and oxygen atoms in total. The molecule has 2 aromatic carbocycles. The number of rotatable bonds is 3. The Balaban J connectivity index is 2.68. The van der Waals surface area contributed by atoms with E-state index in [9.17, 15) is 18.6 Å². The van der Waals surface area contributed by atoms with E-state index in [4.69, 9.17) is 0 Å². The molecule has 0 aliphatic heterocycles. The van der Waals surface area contributed by atoms with E-state index in [1.54, 1.807) is 25.1 Å². The first kappa shape index (κ1) is 13.4. The topological polar surface area (TPSA) is 74.6 Å². The van der Waals surface area contributed by atoms with Crippen molar-refractivity contribution < 1.29 is 18.6 Å². The van der Waals surface area contributed by atoms with Crippen molar-refractivity contribution >= 4 is 9.84 Å². The maximum Gasteiger partial charge on any atom is 0.207 e. The minimum atomic E-state index is -3.69. The number of hydrogen-bond acceptors (Lipinski definition) is 4. The first-order chi connectivity index (χ1) is 8.96. The predicted octanol–water partition coefficient (Wildman–Crippen LogP) is 2.49. The van der Waals surface area contributed by atoms with Crippen LogP contribution in [0.25, 0.3) is 0 Å². The van der Waals surface area contributed by atoms with E-state index in [0.29, 0.717) is 12.0 Å². The summed E-state index contributed by atoms with van der Waals surface area (Å²) in [7, 11) is -3.69. The highest BCUT2D eigenvalue weighted by atomic mass is 32.2. The molecule has 0 aliphatic carbocycles. The van der Waals surface area contributed by atoms with Crippen molar-refractivity contribution in [2.75, 3.05) is 0 Å². The average Bonchev–Trinajstić information content (AvgIpc) is 2.42. The standard InChI is InChI=1S/C14H14O4S/c1-2-10-8-12(15)13(16)9-14(10)19(17,18)11-6-4-3-5-7-11/h3-9,15-16H,2H2,1H3. The Morgan fingerprint density at radius 3 is 2.16 bits per heavy atom. The van der Waals surface area contributed by atoms with Gasteiger partial charge in [-0.3, -0.25) is 0 Å². The van der Waals surface area contributed by atoms with Gasteiger partial charge in [-0.2, -0.15) is 0 Å². The lowest BCUT2D eigenvalue weighted by atomic mass is 10.1. The van der Waals surface area contributed by atoms with Gasteiger partial charge in [-0.15, -0.1) is 0 Å². The van der Waals surface area contributed by atoms with Crippen molar-refractivity contribution in [3.63, 3.8) is 0 Å². The average molecular weight is 278 g/mol. The van der Waals surface area contributed by atoms with Gasteiger partial charge in [0.15, 0.2) is 11.5 Å². The fourth-order valence-corrected chi connectivity index (χ4v) is 3.44. The Labute approximate surface area is 111 Å². The molecule has 0 saturated heterocycles. The normalized spacial score (nSPS) is 11.4. The van der Waals surface area contributed by atoms with Crippen LogP contribution in [0.1, 0.15) is 12.5 Å². The molecular formula is C14H14O4S. The van der Waals surface area contributed by atoms with Gasteiger partial charge < -0.3 is 10.2 Å². The van der Waals surface area contributed by atoms with Crippen LogP contribution < -0.4 is 0 Å². The maximum atomic E-state index is 12.5. The Kier molecular flexibility index (Phi) is 3.48. The van der Waals surface area contributed by atoms with Crippen LogP contribution in [0.3, 0.4) is 0 Å². The van der Waals surface area contributed by atoms with Crippen molar-refractivity contribution in [2.24, 2.45) is 0 Å². The minimum Gasteiger partial charge on any atom is -0.504 e. The fraction of sp³-hybridized carbons (Fsp3) is 0.143. The minimum absolute atomic E-state index is 0.0245. The summed E-state index contributed by atoms with van der Waals surface area (Å²) in [5.41, 5.74) is 0.471. The van der Waals surface area contributed by atoms with Gasteiger partial charge in [-0.1, -0.05) is 25.1 Å². The zero-order chi connectivity index (χ0) is 14.0. The number of phenols is 2. The molecule has 0 aliphatic rings. The van der Waals surface area contributed by atoms with Gasteiger partial charge in [-0.25, -0.2) is 8.42 Å². The molecule has 2 rings (SSSR count). The van der Waals surface area contributed by atoms with Crippen LogP contribution in [0.4, 0.5) is 0 Å². The molecular weight excluding hydrogens is 264 g/mol. The van der Waals surface area contributed by atoms with Gasteiger partial charge in [0.25, 0.3) is 0 Å². The van der Waals surface area contributed by atoms with Crippen LogP contribution in [-0.2, 0) is 16.3 Å². The van der Waals surface area contributed by atoms with Crippen molar-refractivity contribution in [1.29, 1.82) is 0 Å². The second kappa shape index (κ2) is 4.93. The van der Waals surface area contributed by atoms with Gasteiger partial charge in [0.1, 0.15) is 0 Å². The van der Waals surface area contributed by atoms with E-state index < -0.39 is 15.6 Å². The molecule has 0 unspecified atom stereocenters. The molecule has 0 heterocycles. The van der Waals surface area contributed by atoms with E-state index in [1.165, 1.54) is 18.2 Å². The molecule has 0 fully saturated rings. The third-order valence-corrected chi connectivity index (χ3v) is 4.73. The summed E-state index contributed by atoms with van der Waals surface area (Å²) < 4.78 is 25.0. The monoisotopic (exact) mass is 278 g/mol. The second-order valence-corrected chi connectivity index (χ2v) is 6.04. The molecule has 0 atom stereocenters. The molecule has 0 radical (unpaired) electrons. The third-order valence-electron chi connectivity index (χ3n) is 2.88. The van der Waals surface area contributed by atoms with Crippen LogP contribution >= 0.6 is 0 Å². The summed E-state index contributed by atoms with van der Waals surface area (Å²) in [6.45, 7) is 1.79. The maximum absolute atomic E-state index is 12.5. The first-order valence-corrected chi connectivity index (χ1v) is 7.30. The van der Waals surface area contributed by atoms with E-state index >= 15 is 0 Å². The summed E-state index contributed by atoms with van der Waals surface area (Å²) >= 11 is 0. The number of aryl methyl sites for hydroxylation is 1. The molecule has 0 amide bonds. The smallest absolute Gasteiger partial charge is 0.207 e. The Morgan fingerprint density at radius 1 is 1.00 bits per heavy atom. The van der Waals surface area contributed by atoms with Crippen LogP contribution in [0.15, 0.2) is 52.3 Å². The quantitative estimate of drug-likeness (QED) is 0.846. The number of phenolic OH excluding ortho intramolecular Hbond substituents is 2. The molecule has 0 bridgehead atoms. The Bertz CT molecular complexity index is 691. The Morgan fingerprint density at radius 2 is 1.58 bits per heavy atom. The SMILES string of the molecule is CCc1cc(O)c(O)cc1S(=O)(=O)c1ccccc1. The largest absolute Gasteiger partial charge is 0.504 e. The van der Waals surface area contributed by atoms with Crippen LogP contribution in [0.2, 0.25) is 0 Å². The number of benzene rings is 2. The van der Waals surface area contributed by atoms with Gasteiger partial charge in [0, 0.05) is 6.07 Å². The highest BCUT2D eigenvalue weighted by Gasteiger charge is 2.22. The summed E-state index contributed by atoms with van der Waals surface area (Å²) in [6, 6.07) is 10.4. The molecule has 5 heteroatoms. The van der Waals surface area contributed by atoms with Gasteiger partial charge in [0.05, 0.1) is 9.79 Å². The summed E-state index contributed by atoms with van der Waals surface area (Å²) in [5, 5.41) is 19.0. The first-order valence-electron chi connectivity index (χ1n) is 5.81. The molecule has 0 aromatic heterocycles. The summed E-state index contributed by atoms with van der Waals surface area (Å²) in [4.78, 5) is 0.186. The van der Waals surface area contributed by atoms with Crippen molar-refractivity contribution in [3.8, 4) is 11.5 Å². The summed E-state index contributed by atoms with van der Waals surface area (Å²) in [6.07, 6.45) is 0.440. The van der Waals surface area contributed by atoms with Crippen molar-refractivity contribution in [1.82, 2.24) is 0 Å². The number of hydrogen-bond donors (Lipinski definition) is 2. The number of aromatic hydroxyl groups is 2.